The molecule has 1 aromatic heterocycles. The van der Waals surface area contributed by atoms with E-state index in [2.05, 4.69) is 10.6 Å². The molecular weight excluding hydrogens is 224 g/mol. The van der Waals surface area contributed by atoms with Crippen LogP contribution in [0, 0.1) is 0 Å². The second-order valence-electron chi connectivity index (χ2n) is 3.33. The third-order valence-corrected chi connectivity index (χ3v) is 2.82. The van der Waals surface area contributed by atoms with E-state index in [0.29, 0.717) is 24.4 Å². The van der Waals surface area contributed by atoms with E-state index in [4.69, 9.17) is 0 Å². The number of hydrogen-bond acceptors (Lipinski definition) is 3. The lowest BCUT2D eigenvalue weighted by Gasteiger charge is -2.05. The molecule has 5 heteroatoms. The predicted molar refractivity (Wildman–Crippen MR) is 64.6 cm³/mol. The van der Waals surface area contributed by atoms with Gasteiger partial charge in [-0.15, -0.1) is 11.3 Å². The summed E-state index contributed by atoms with van der Waals surface area (Å²) in [5.41, 5.74) is 0. The molecule has 1 aromatic rings. The van der Waals surface area contributed by atoms with Crippen molar-refractivity contribution in [3.63, 3.8) is 0 Å². The van der Waals surface area contributed by atoms with E-state index in [9.17, 15) is 9.59 Å². The molecule has 0 aliphatic rings. The van der Waals surface area contributed by atoms with Crippen molar-refractivity contribution in [2.45, 2.75) is 19.8 Å². The summed E-state index contributed by atoms with van der Waals surface area (Å²) < 4.78 is 0. The van der Waals surface area contributed by atoms with Gasteiger partial charge < -0.3 is 10.6 Å². The van der Waals surface area contributed by atoms with Crippen molar-refractivity contribution in [1.29, 1.82) is 0 Å². The van der Waals surface area contributed by atoms with Gasteiger partial charge in [0.15, 0.2) is 0 Å². The summed E-state index contributed by atoms with van der Waals surface area (Å²) in [7, 11) is 0. The second kappa shape index (κ2) is 7.00. The molecule has 0 saturated carbocycles. The molecule has 0 fully saturated rings. The van der Waals surface area contributed by atoms with E-state index >= 15 is 0 Å². The van der Waals surface area contributed by atoms with Crippen LogP contribution in [0.4, 0.5) is 0 Å². The number of carbonyl (C=O) groups is 2. The van der Waals surface area contributed by atoms with Gasteiger partial charge in [-0.2, -0.15) is 0 Å². The molecule has 0 aliphatic heterocycles. The van der Waals surface area contributed by atoms with E-state index in [-0.39, 0.29) is 11.8 Å². The summed E-state index contributed by atoms with van der Waals surface area (Å²) in [4.78, 5) is 23.3. The molecule has 0 atom stereocenters. The van der Waals surface area contributed by atoms with Crippen molar-refractivity contribution in [2.75, 3.05) is 13.1 Å². The quantitative estimate of drug-likeness (QED) is 0.738. The fourth-order valence-electron chi connectivity index (χ4n) is 1.19. The van der Waals surface area contributed by atoms with Gasteiger partial charge in [-0.05, 0) is 17.9 Å². The highest BCUT2D eigenvalue weighted by Crippen LogP contribution is 2.07. The zero-order valence-corrected chi connectivity index (χ0v) is 10.1. The Kier molecular flexibility index (Phi) is 5.56. The van der Waals surface area contributed by atoms with Crippen LogP contribution in [0.25, 0.3) is 0 Å². The van der Waals surface area contributed by atoms with Crippen LogP contribution in [0.5, 0.6) is 0 Å². The summed E-state index contributed by atoms with van der Waals surface area (Å²) in [6.45, 7) is 2.90. The van der Waals surface area contributed by atoms with Crippen molar-refractivity contribution in [3.8, 4) is 0 Å². The summed E-state index contributed by atoms with van der Waals surface area (Å²) in [6.07, 6.45) is 1.38. The lowest BCUT2D eigenvalue weighted by atomic mass is 10.3. The monoisotopic (exact) mass is 240 g/mol. The minimum absolute atomic E-state index is 0.0351. The zero-order valence-electron chi connectivity index (χ0n) is 9.29. The number of amides is 2. The zero-order chi connectivity index (χ0) is 11.8. The first-order chi connectivity index (χ1) is 7.74. The molecule has 0 saturated heterocycles. The maximum atomic E-state index is 11.5. The molecule has 2 N–H and O–H groups in total. The molecule has 2 amide bonds. The number of carbonyl (C=O) groups excluding carboxylic acids is 2. The van der Waals surface area contributed by atoms with Crippen molar-refractivity contribution >= 4 is 23.2 Å². The molecule has 0 aliphatic carbocycles. The van der Waals surface area contributed by atoms with Crippen LogP contribution in [-0.4, -0.2) is 24.9 Å². The number of rotatable bonds is 6. The molecule has 0 spiro atoms. The lowest BCUT2D eigenvalue weighted by Crippen LogP contribution is -2.34. The largest absolute Gasteiger partial charge is 0.354 e. The number of nitrogens with one attached hydrogen (secondary N) is 2. The summed E-state index contributed by atoms with van der Waals surface area (Å²) in [6, 6.07) is 3.61. The average molecular weight is 240 g/mol. The van der Waals surface area contributed by atoms with Gasteiger partial charge in [0.25, 0.3) is 5.91 Å². The topological polar surface area (TPSA) is 58.2 Å². The van der Waals surface area contributed by atoms with Crippen LogP contribution in [0.1, 0.15) is 29.4 Å². The van der Waals surface area contributed by atoms with Gasteiger partial charge in [-0.25, -0.2) is 0 Å². The highest BCUT2D eigenvalue weighted by atomic mass is 32.1. The molecule has 88 valence electrons. The first kappa shape index (κ1) is 12.7. The summed E-state index contributed by atoms with van der Waals surface area (Å²) >= 11 is 1.40. The minimum Gasteiger partial charge on any atom is -0.354 e. The fourth-order valence-corrected chi connectivity index (χ4v) is 1.83. The molecular formula is C11H16N2O2S. The van der Waals surface area contributed by atoms with E-state index in [0.717, 1.165) is 6.42 Å². The Bertz CT molecular complexity index is 336. The Morgan fingerprint density at radius 2 is 2.06 bits per heavy atom. The van der Waals surface area contributed by atoms with Gasteiger partial charge in [-0.1, -0.05) is 13.0 Å². The van der Waals surface area contributed by atoms with Crippen molar-refractivity contribution in [3.05, 3.63) is 22.4 Å². The Labute approximate surface area is 99.0 Å². The first-order valence-electron chi connectivity index (χ1n) is 5.32. The smallest absolute Gasteiger partial charge is 0.261 e. The maximum absolute atomic E-state index is 11.5. The standard InChI is InChI=1S/C11H16N2O2S/c1-2-4-10(14)12-6-7-13-11(15)9-5-3-8-16-9/h3,5,8H,2,4,6-7H2,1H3,(H,12,14)(H,13,15). The highest BCUT2D eigenvalue weighted by Gasteiger charge is 2.05. The van der Waals surface area contributed by atoms with Crippen LogP contribution < -0.4 is 10.6 Å². The van der Waals surface area contributed by atoms with E-state index in [1.807, 2.05) is 18.4 Å². The van der Waals surface area contributed by atoms with Crippen LogP contribution in [0.15, 0.2) is 17.5 Å². The van der Waals surface area contributed by atoms with Crippen molar-refractivity contribution < 1.29 is 9.59 Å². The van der Waals surface area contributed by atoms with Crippen LogP contribution in [0.3, 0.4) is 0 Å². The maximum Gasteiger partial charge on any atom is 0.261 e. The third-order valence-electron chi connectivity index (χ3n) is 1.95. The number of thiophene rings is 1. The van der Waals surface area contributed by atoms with Gasteiger partial charge in [0, 0.05) is 19.5 Å². The highest BCUT2D eigenvalue weighted by molar-refractivity contribution is 7.12. The van der Waals surface area contributed by atoms with Crippen molar-refractivity contribution in [1.82, 2.24) is 10.6 Å². The summed E-state index contributed by atoms with van der Waals surface area (Å²) in [5, 5.41) is 7.33. The van der Waals surface area contributed by atoms with E-state index in [1.165, 1.54) is 11.3 Å². The fraction of sp³-hybridized carbons (Fsp3) is 0.455. The molecule has 0 aromatic carbocycles. The SMILES string of the molecule is CCCC(=O)NCCNC(=O)c1cccs1. The third kappa shape index (κ3) is 4.44. The average Bonchev–Trinajstić information content (AvgIpc) is 2.78. The Morgan fingerprint density at radius 1 is 1.31 bits per heavy atom. The van der Waals surface area contributed by atoms with Gasteiger partial charge in [0.05, 0.1) is 4.88 Å². The van der Waals surface area contributed by atoms with Crippen LogP contribution >= 0.6 is 11.3 Å². The van der Waals surface area contributed by atoms with Gasteiger partial charge in [-0.3, -0.25) is 9.59 Å². The van der Waals surface area contributed by atoms with E-state index in [1.54, 1.807) is 6.07 Å². The lowest BCUT2D eigenvalue weighted by molar-refractivity contribution is -0.121. The van der Waals surface area contributed by atoms with Crippen LogP contribution in [0.2, 0.25) is 0 Å². The Hall–Kier alpha value is -1.36. The van der Waals surface area contributed by atoms with E-state index < -0.39 is 0 Å². The Morgan fingerprint density at radius 3 is 2.69 bits per heavy atom. The predicted octanol–water partition coefficient (Wildman–Crippen LogP) is 1.39. The molecule has 1 heterocycles. The second-order valence-corrected chi connectivity index (χ2v) is 4.28. The molecule has 1 rings (SSSR count). The van der Waals surface area contributed by atoms with Crippen LogP contribution in [-0.2, 0) is 4.79 Å². The normalized spacial score (nSPS) is 9.81. The molecule has 16 heavy (non-hydrogen) atoms. The minimum atomic E-state index is -0.0836. The van der Waals surface area contributed by atoms with Gasteiger partial charge in [0.2, 0.25) is 5.91 Å². The molecule has 0 bridgehead atoms. The Balaban J connectivity index is 2.12. The van der Waals surface area contributed by atoms with Gasteiger partial charge >= 0.3 is 0 Å². The molecule has 4 nitrogen and oxygen atoms in total. The van der Waals surface area contributed by atoms with Crippen molar-refractivity contribution in [2.24, 2.45) is 0 Å². The molecule has 0 unspecified atom stereocenters. The summed E-state index contributed by atoms with van der Waals surface area (Å²) in [5.74, 6) is -0.0485. The first-order valence-corrected chi connectivity index (χ1v) is 6.20. The molecule has 0 radical (unpaired) electrons. The number of hydrogen-bond donors (Lipinski definition) is 2. The van der Waals surface area contributed by atoms with Gasteiger partial charge in [0.1, 0.15) is 0 Å².